The average Bonchev–Trinajstić information content (AvgIpc) is 3.35. The number of sulfonamides is 1. The summed E-state index contributed by atoms with van der Waals surface area (Å²) in [4.78, 5) is 15.5. The van der Waals surface area contributed by atoms with E-state index in [4.69, 9.17) is 4.42 Å². The Kier molecular flexibility index (Phi) is 7.33. The molecule has 2 aliphatic heterocycles. The molecule has 2 unspecified atom stereocenters. The molecule has 4 rings (SSSR count). The Morgan fingerprint density at radius 1 is 1.09 bits per heavy atom. The molecular weight excluding hydrogens is 426 g/mol. The van der Waals surface area contributed by atoms with Crippen molar-refractivity contribution in [1.82, 2.24) is 14.5 Å². The van der Waals surface area contributed by atoms with Gasteiger partial charge in [-0.3, -0.25) is 9.69 Å². The minimum Gasteiger partial charge on any atom is -0.468 e. The van der Waals surface area contributed by atoms with Crippen LogP contribution in [0.3, 0.4) is 0 Å². The topological polar surface area (TPSA) is 82.9 Å². The molecule has 2 saturated heterocycles. The second kappa shape index (κ2) is 10.2. The minimum atomic E-state index is -3.62. The molecule has 32 heavy (non-hydrogen) atoms. The second-order valence-electron chi connectivity index (χ2n) is 8.83. The van der Waals surface area contributed by atoms with E-state index in [0.29, 0.717) is 18.7 Å². The van der Waals surface area contributed by atoms with Gasteiger partial charge in [-0.1, -0.05) is 18.9 Å². The molecular formula is C24H33N3O4S. The van der Waals surface area contributed by atoms with Crippen LogP contribution in [0.15, 0.2) is 52.0 Å². The van der Waals surface area contributed by atoms with Crippen molar-refractivity contribution < 1.29 is 17.6 Å². The molecule has 8 heteroatoms. The molecule has 2 fully saturated rings. The van der Waals surface area contributed by atoms with Gasteiger partial charge in [0.05, 0.1) is 17.2 Å². The Morgan fingerprint density at radius 2 is 1.88 bits per heavy atom. The zero-order valence-corrected chi connectivity index (χ0v) is 19.5. The highest BCUT2D eigenvalue weighted by atomic mass is 32.2. The van der Waals surface area contributed by atoms with Crippen LogP contribution in [0.4, 0.5) is 0 Å². The van der Waals surface area contributed by atoms with Gasteiger partial charge >= 0.3 is 0 Å². The van der Waals surface area contributed by atoms with E-state index >= 15 is 0 Å². The lowest BCUT2D eigenvalue weighted by molar-refractivity contribution is 0.0914. The van der Waals surface area contributed by atoms with Crippen LogP contribution in [-0.2, 0) is 10.0 Å². The lowest BCUT2D eigenvalue weighted by Crippen LogP contribution is -2.42. The van der Waals surface area contributed by atoms with Gasteiger partial charge in [-0.2, -0.15) is 4.31 Å². The van der Waals surface area contributed by atoms with Crippen LogP contribution in [0.5, 0.6) is 0 Å². The highest BCUT2D eigenvalue weighted by Gasteiger charge is 2.31. The zero-order chi connectivity index (χ0) is 22.6. The third-order valence-corrected chi connectivity index (χ3v) is 8.61. The SMILES string of the molecule is CC1CCCCN1S(=O)(=O)c1cccc(C(=O)NCC(c2ccco2)N2CCCCC2)c1. The van der Waals surface area contributed by atoms with E-state index in [0.717, 1.165) is 51.0 Å². The fraction of sp³-hybridized carbons (Fsp3) is 0.542. The smallest absolute Gasteiger partial charge is 0.251 e. The van der Waals surface area contributed by atoms with Crippen LogP contribution in [0.25, 0.3) is 0 Å². The summed E-state index contributed by atoms with van der Waals surface area (Å²) in [5, 5.41) is 3.00. The zero-order valence-electron chi connectivity index (χ0n) is 18.7. The first-order valence-electron chi connectivity index (χ1n) is 11.6. The predicted octanol–water partition coefficient (Wildman–Crippen LogP) is 3.80. The van der Waals surface area contributed by atoms with Crippen LogP contribution < -0.4 is 5.32 Å². The van der Waals surface area contributed by atoms with E-state index in [2.05, 4.69) is 10.2 Å². The number of carbonyl (C=O) groups excluding carboxylic acids is 1. The number of amides is 1. The van der Waals surface area contributed by atoms with Crippen LogP contribution in [0, 0.1) is 0 Å². The second-order valence-corrected chi connectivity index (χ2v) is 10.7. The fourth-order valence-corrected chi connectivity index (χ4v) is 6.52. The van der Waals surface area contributed by atoms with Gasteiger partial charge in [-0.05, 0) is 76.0 Å². The average molecular weight is 460 g/mol. The molecule has 2 aliphatic rings. The molecule has 0 aliphatic carbocycles. The molecule has 7 nitrogen and oxygen atoms in total. The van der Waals surface area contributed by atoms with Gasteiger partial charge < -0.3 is 9.73 Å². The highest BCUT2D eigenvalue weighted by molar-refractivity contribution is 7.89. The molecule has 1 amide bonds. The number of piperidine rings is 2. The molecule has 0 bridgehead atoms. The molecule has 174 valence electrons. The number of likely N-dealkylation sites (tertiary alicyclic amines) is 1. The van der Waals surface area contributed by atoms with Crippen molar-refractivity contribution in [3.05, 3.63) is 54.0 Å². The summed E-state index contributed by atoms with van der Waals surface area (Å²) in [6.45, 7) is 4.83. The van der Waals surface area contributed by atoms with Crippen molar-refractivity contribution in [2.45, 2.75) is 62.4 Å². The van der Waals surface area contributed by atoms with Gasteiger partial charge in [-0.15, -0.1) is 0 Å². The number of nitrogens with one attached hydrogen (secondary N) is 1. The Balaban J connectivity index is 1.47. The summed E-state index contributed by atoms with van der Waals surface area (Å²) >= 11 is 0. The van der Waals surface area contributed by atoms with Crippen molar-refractivity contribution in [1.29, 1.82) is 0 Å². The van der Waals surface area contributed by atoms with Crippen molar-refractivity contribution in [3.8, 4) is 0 Å². The summed E-state index contributed by atoms with van der Waals surface area (Å²) in [5.74, 6) is 0.560. The normalized spacial score (nSPS) is 21.8. The van der Waals surface area contributed by atoms with Gasteiger partial charge in [0.25, 0.3) is 5.91 Å². The number of furan rings is 1. The van der Waals surface area contributed by atoms with Crippen LogP contribution in [0.1, 0.15) is 67.6 Å². The van der Waals surface area contributed by atoms with Gasteiger partial charge in [0.2, 0.25) is 10.0 Å². The highest BCUT2D eigenvalue weighted by Crippen LogP contribution is 2.27. The summed E-state index contributed by atoms with van der Waals surface area (Å²) in [6.07, 6.45) is 7.94. The first-order chi connectivity index (χ1) is 15.5. The molecule has 1 aromatic carbocycles. The van der Waals surface area contributed by atoms with Gasteiger partial charge in [0.1, 0.15) is 5.76 Å². The fourth-order valence-electron chi connectivity index (χ4n) is 4.77. The maximum absolute atomic E-state index is 13.2. The molecule has 0 spiro atoms. The molecule has 1 N–H and O–H groups in total. The van der Waals surface area contributed by atoms with Crippen molar-refractivity contribution >= 4 is 15.9 Å². The Bertz CT molecular complexity index is 1000. The van der Waals surface area contributed by atoms with Gasteiger partial charge in [0.15, 0.2) is 0 Å². The van der Waals surface area contributed by atoms with E-state index in [1.165, 1.54) is 12.5 Å². The quantitative estimate of drug-likeness (QED) is 0.681. The third kappa shape index (κ3) is 5.08. The molecule has 2 aromatic rings. The van der Waals surface area contributed by atoms with Gasteiger partial charge in [-0.25, -0.2) is 8.42 Å². The number of nitrogens with zero attached hydrogens (tertiary/aromatic N) is 2. The van der Waals surface area contributed by atoms with E-state index < -0.39 is 10.0 Å². The predicted molar refractivity (Wildman–Crippen MR) is 123 cm³/mol. The molecule has 1 aromatic heterocycles. The Labute approximate surface area is 190 Å². The van der Waals surface area contributed by atoms with E-state index in [1.807, 2.05) is 19.1 Å². The van der Waals surface area contributed by atoms with E-state index in [1.54, 1.807) is 28.8 Å². The Morgan fingerprint density at radius 3 is 2.59 bits per heavy atom. The summed E-state index contributed by atoms with van der Waals surface area (Å²) < 4.78 is 33.6. The standard InChI is InChI=1S/C24H33N3O4S/c1-19-9-3-6-15-27(19)32(29,30)21-11-7-10-20(17-21)24(28)25-18-22(23-12-8-16-31-23)26-13-4-2-5-14-26/h7-8,10-12,16-17,19,22H,2-6,9,13-15,18H2,1H3,(H,25,28). The first-order valence-corrected chi connectivity index (χ1v) is 13.1. The van der Waals surface area contributed by atoms with E-state index in [-0.39, 0.29) is 22.9 Å². The first kappa shape index (κ1) is 23.0. The van der Waals surface area contributed by atoms with Crippen molar-refractivity contribution in [2.75, 3.05) is 26.2 Å². The summed E-state index contributed by atoms with van der Waals surface area (Å²) in [5.41, 5.74) is 0.354. The van der Waals surface area contributed by atoms with Crippen molar-refractivity contribution in [2.24, 2.45) is 0 Å². The third-order valence-electron chi connectivity index (χ3n) is 6.60. The van der Waals surface area contributed by atoms with Gasteiger partial charge in [0, 0.05) is 24.7 Å². The van der Waals surface area contributed by atoms with Crippen LogP contribution in [-0.4, -0.2) is 55.8 Å². The number of hydrogen-bond acceptors (Lipinski definition) is 5. The number of carbonyl (C=O) groups is 1. The summed E-state index contributed by atoms with van der Waals surface area (Å²) in [7, 11) is -3.62. The number of benzene rings is 1. The number of rotatable bonds is 7. The Hall–Kier alpha value is -2.16. The monoisotopic (exact) mass is 459 g/mol. The maximum Gasteiger partial charge on any atom is 0.251 e. The molecule has 0 saturated carbocycles. The lowest BCUT2D eigenvalue weighted by Gasteiger charge is -2.33. The van der Waals surface area contributed by atoms with E-state index in [9.17, 15) is 13.2 Å². The number of hydrogen-bond donors (Lipinski definition) is 1. The lowest BCUT2D eigenvalue weighted by atomic mass is 10.1. The van der Waals surface area contributed by atoms with Crippen LogP contribution in [0.2, 0.25) is 0 Å². The molecule has 0 radical (unpaired) electrons. The molecule has 2 atom stereocenters. The van der Waals surface area contributed by atoms with Crippen molar-refractivity contribution in [3.63, 3.8) is 0 Å². The minimum absolute atomic E-state index is 0.0233. The summed E-state index contributed by atoms with van der Waals surface area (Å²) in [6, 6.07) is 10.1. The molecule has 3 heterocycles. The largest absolute Gasteiger partial charge is 0.468 e. The maximum atomic E-state index is 13.2. The van der Waals surface area contributed by atoms with Crippen LogP contribution >= 0.6 is 0 Å².